The van der Waals surface area contributed by atoms with Crippen molar-refractivity contribution in [3.8, 4) is 0 Å². The number of piperidine rings is 3. The van der Waals surface area contributed by atoms with Crippen LogP contribution in [0.4, 0.5) is 5.95 Å². The fourth-order valence-corrected chi connectivity index (χ4v) is 5.77. The van der Waals surface area contributed by atoms with Crippen LogP contribution in [0.2, 0.25) is 0 Å². The monoisotopic (exact) mass is 395 g/mol. The summed E-state index contributed by atoms with van der Waals surface area (Å²) in [7, 11) is 0. The van der Waals surface area contributed by atoms with E-state index in [1.807, 2.05) is 4.90 Å². The lowest BCUT2D eigenvalue weighted by molar-refractivity contribution is -0.139. The maximum Gasteiger partial charge on any atom is 0.244 e. The molecule has 3 aliphatic rings. The van der Waals surface area contributed by atoms with Gasteiger partial charge in [-0.2, -0.15) is 0 Å². The first-order valence-corrected chi connectivity index (χ1v) is 10.8. The van der Waals surface area contributed by atoms with Crippen LogP contribution in [0, 0.1) is 11.8 Å². The fourth-order valence-electron chi connectivity index (χ4n) is 5.77. The number of hydrogen-bond acceptors (Lipinski definition) is 6. The van der Waals surface area contributed by atoms with Crippen LogP contribution in [-0.4, -0.2) is 67.6 Å². The Balaban J connectivity index is 1.27. The fraction of sp³-hybridized carbons (Fsp3) is 0.619. The molecule has 5 rings (SSSR count). The van der Waals surface area contributed by atoms with Crippen molar-refractivity contribution in [2.24, 2.45) is 11.8 Å². The second-order valence-electron chi connectivity index (χ2n) is 8.89. The van der Waals surface area contributed by atoms with Gasteiger partial charge in [0.15, 0.2) is 0 Å². The van der Waals surface area contributed by atoms with Crippen LogP contribution in [0.15, 0.2) is 30.3 Å². The largest absolute Gasteiger partial charge is 0.367 e. The predicted molar refractivity (Wildman–Crippen MR) is 109 cm³/mol. The van der Waals surface area contributed by atoms with Crippen molar-refractivity contribution in [2.75, 3.05) is 25.4 Å². The van der Waals surface area contributed by atoms with Gasteiger partial charge in [0.05, 0.1) is 0 Å². The summed E-state index contributed by atoms with van der Waals surface area (Å²) in [5.74, 6) is 1.38. The van der Waals surface area contributed by atoms with E-state index in [1.54, 1.807) is 0 Å². The summed E-state index contributed by atoms with van der Waals surface area (Å²) >= 11 is 0. The quantitative estimate of drug-likeness (QED) is 0.836. The van der Waals surface area contributed by atoms with Crippen LogP contribution in [0.5, 0.6) is 0 Å². The van der Waals surface area contributed by atoms with Crippen molar-refractivity contribution in [1.29, 1.82) is 0 Å². The molecule has 4 atom stereocenters. The van der Waals surface area contributed by atoms with E-state index < -0.39 is 0 Å². The summed E-state index contributed by atoms with van der Waals surface area (Å²) < 4.78 is 1.38. The first-order valence-electron chi connectivity index (χ1n) is 10.8. The van der Waals surface area contributed by atoms with Gasteiger partial charge >= 0.3 is 0 Å². The summed E-state index contributed by atoms with van der Waals surface area (Å²) in [4.78, 5) is 17.7. The molecule has 0 spiro atoms. The second-order valence-corrected chi connectivity index (χ2v) is 8.89. The number of nitrogen functional groups attached to an aromatic ring is 1. The highest BCUT2D eigenvalue weighted by Crippen LogP contribution is 2.40. The number of likely N-dealkylation sites (tertiary alicyclic amines) is 1. The summed E-state index contributed by atoms with van der Waals surface area (Å²) in [5, 5.41) is 11.0. The van der Waals surface area contributed by atoms with Crippen molar-refractivity contribution in [3.63, 3.8) is 0 Å². The molecular weight excluding hydrogens is 366 g/mol. The molecule has 1 aromatic heterocycles. The third-order valence-corrected chi connectivity index (χ3v) is 7.03. The molecule has 3 saturated heterocycles. The van der Waals surface area contributed by atoms with E-state index in [4.69, 9.17) is 5.73 Å². The van der Waals surface area contributed by atoms with Gasteiger partial charge < -0.3 is 10.6 Å². The number of tetrazole rings is 1. The van der Waals surface area contributed by atoms with Gasteiger partial charge in [0, 0.05) is 31.7 Å². The van der Waals surface area contributed by atoms with E-state index in [2.05, 4.69) is 50.8 Å². The number of nitrogens with zero attached hydrogens (tertiary/aromatic N) is 6. The minimum atomic E-state index is 0.0730. The third-order valence-electron chi connectivity index (χ3n) is 7.03. The molecule has 154 valence electrons. The molecule has 1 amide bonds. The number of anilines is 1. The number of carbonyl (C=O) groups excluding carboxylic acids is 1. The average Bonchev–Trinajstić information content (AvgIpc) is 3.13. The minimum Gasteiger partial charge on any atom is -0.367 e. The summed E-state index contributed by atoms with van der Waals surface area (Å²) in [5.41, 5.74) is 7.16. The lowest BCUT2D eigenvalue weighted by Crippen LogP contribution is -2.62. The first kappa shape index (κ1) is 18.5. The number of carbonyl (C=O) groups is 1. The Kier molecular flexibility index (Phi) is 4.95. The zero-order chi connectivity index (χ0) is 19.8. The van der Waals surface area contributed by atoms with E-state index in [9.17, 15) is 4.79 Å². The van der Waals surface area contributed by atoms with Gasteiger partial charge in [-0.15, -0.1) is 0 Å². The van der Waals surface area contributed by atoms with Gasteiger partial charge in [-0.1, -0.05) is 41.9 Å². The van der Waals surface area contributed by atoms with Crippen LogP contribution in [0.3, 0.4) is 0 Å². The van der Waals surface area contributed by atoms with E-state index in [0.29, 0.717) is 23.9 Å². The third kappa shape index (κ3) is 3.73. The van der Waals surface area contributed by atoms with Crippen LogP contribution >= 0.6 is 0 Å². The highest BCUT2D eigenvalue weighted by Gasteiger charge is 2.45. The SMILES string of the molecule is Nc1nnnn1CC(=O)N1C[C@@H]2C[C@H](C1)[C@@H]1CCC[C@H](Cc3ccccc3)N1C2. The summed E-state index contributed by atoms with van der Waals surface area (Å²) in [6.07, 6.45) is 6.21. The zero-order valence-electron chi connectivity index (χ0n) is 16.7. The summed E-state index contributed by atoms with van der Waals surface area (Å²) in [6.45, 7) is 2.91. The van der Waals surface area contributed by atoms with Crippen LogP contribution in [0.25, 0.3) is 0 Å². The van der Waals surface area contributed by atoms with Gasteiger partial charge in [-0.25, -0.2) is 4.68 Å². The maximum absolute atomic E-state index is 12.9. The van der Waals surface area contributed by atoms with Crippen molar-refractivity contribution in [2.45, 2.75) is 50.7 Å². The van der Waals surface area contributed by atoms with Gasteiger partial charge in [-0.3, -0.25) is 9.69 Å². The molecule has 0 saturated carbocycles. The highest BCUT2D eigenvalue weighted by molar-refractivity contribution is 5.76. The number of nitrogens with two attached hydrogens (primary N) is 1. The van der Waals surface area contributed by atoms with E-state index in [1.165, 1.54) is 35.9 Å². The molecule has 3 fully saturated rings. The van der Waals surface area contributed by atoms with Crippen LogP contribution in [-0.2, 0) is 17.8 Å². The highest BCUT2D eigenvalue weighted by atomic mass is 16.2. The lowest BCUT2D eigenvalue weighted by Gasteiger charge is -2.55. The van der Waals surface area contributed by atoms with Gasteiger partial charge in [0.2, 0.25) is 11.9 Å². The molecule has 2 N–H and O–H groups in total. The number of amides is 1. The van der Waals surface area contributed by atoms with Crippen LogP contribution < -0.4 is 5.73 Å². The Bertz CT molecular complexity index is 854. The number of fused-ring (bicyclic) bond motifs is 4. The number of aromatic nitrogens is 4. The molecule has 3 aliphatic heterocycles. The zero-order valence-corrected chi connectivity index (χ0v) is 16.7. The maximum atomic E-state index is 12.9. The smallest absolute Gasteiger partial charge is 0.244 e. The molecule has 0 aliphatic carbocycles. The molecule has 4 heterocycles. The molecule has 8 nitrogen and oxygen atoms in total. The first-order chi connectivity index (χ1) is 14.2. The van der Waals surface area contributed by atoms with Crippen molar-refractivity contribution in [1.82, 2.24) is 30.0 Å². The van der Waals surface area contributed by atoms with E-state index >= 15 is 0 Å². The molecule has 2 aromatic rings. The molecule has 1 aromatic carbocycles. The van der Waals surface area contributed by atoms with Crippen LogP contribution in [0.1, 0.15) is 31.2 Å². The number of benzene rings is 1. The van der Waals surface area contributed by atoms with Gasteiger partial charge in [0.1, 0.15) is 6.54 Å². The standard InChI is InChI=1S/C21H29N7O/c22-21-23-24-25-28(21)14-20(29)26-11-16-9-17(13-26)19-8-4-7-18(27(19)12-16)10-15-5-2-1-3-6-15/h1-3,5-6,16-19H,4,7-14H2,(H2,22,23,25)/t16-,17+,18+,19-/m0/s1. The Labute approximate surface area is 171 Å². The normalized spacial score (nSPS) is 29.4. The second kappa shape index (κ2) is 7.74. The molecular formula is C21H29N7O. The lowest BCUT2D eigenvalue weighted by atomic mass is 9.74. The summed E-state index contributed by atoms with van der Waals surface area (Å²) in [6, 6.07) is 12.1. The van der Waals surface area contributed by atoms with Crippen molar-refractivity contribution in [3.05, 3.63) is 35.9 Å². The van der Waals surface area contributed by atoms with Gasteiger partial charge in [0.25, 0.3) is 0 Å². The minimum absolute atomic E-state index is 0.0730. The Morgan fingerprint density at radius 3 is 2.79 bits per heavy atom. The van der Waals surface area contributed by atoms with Crippen molar-refractivity contribution >= 4 is 11.9 Å². The topological polar surface area (TPSA) is 93.2 Å². The number of rotatable bonds is 4. The average molecular weight is 396 g/mol. The Morgan fingerprint density at radius 1 is 1.14 bits per heavy atom. The Hall–Kier alpha value is -2.48. The molecule has 29 heavy (non-hydrogen) atoms. The predicted octanol–water partition coefficient (Wildman–Crippen LogP) is 1.20. The molecule has 2 bridgehead atoms. The van der Waals surface area contributed by atoms with E-state index in [-0.39, 0.29) is 18.4 Å². The van der Waals surface area contributed by atoms with E-state index in [0.717, 1.165) is 26.1 Å². The molecule has 0 unspecified atom stereocenters. The van der Waals surface area contributed by atoms with Gasteiger partial charge in [-0.05, 0) is 53.5 Å². The Morgan fingerprint density at radius 2 is 2.00 bits per heavy atom. The molecule has 8 heteroatoms. The van der Waals surface area contributed by atoms with Crippen molar-refractivity contribution < 1.29 is 4.79 Å². The molecule has 0 radical (unpaired) electrons. The number of hydrogen-bond donors (Lipinski definition) is 1.